The fourth-order valence-electron chi connectivity index (χ4n) is 4.39. The number of hydrogen-bond acceptors (Lipinski definition) is 5. The van der Waals surface area contributed by atoms with E-state index in [0.717, 1.165) is 36.5 Å². The zero-order chi connectivity index (χ0) is 22.9. The summed E-state index contributed by atoms with van der Waals surface area (Å²) in [5, 5.41) is 6.86. The van der Waals surface area contributed by atoms with Crippen molar-refractivity contribution >= 4 is 5.95 Å². The van der Waals surface area contributed by atoms with Gasteiger partial charge in [-0.3, -0.25) is 4.90 Å². The second kappa shape index (κ2) is 11.9. The van der Waals surface area contributed by atoms with E-state index in [9.17, 15) is 4.39 Å². The Kier molecular flexibility index (Phi) is 8.39. The first-order chi connectivity index (χ1) is 16.2. The highest BCUT2D eigenvalue weighted by atomic mass is 19.1. The normalized spacial score (nSPS) is 15.8. The van der Waals surface area contributed by atoms with Crippen LogP contribution in [0.2, 0.25) is 0 Å². The zero-order valence-corrected chi connectivity index (χ0v) is 19.4. The van der Waals surface area contributed by atoms with Crippen molar-refractivity contribution in [3.63, 3.8) is 0 Å². The molecule has 0 aliphatic carbocycles. The largest absolute Gasteiger partial charge is 0.354 e. The average Bonchev–Trinajstić information content (AvgIpc) is 3.36. The molecule has 0 spiro atoms. The predicted molar refractivity (Wildman–Crippen MR) is 133 cm³/mol. The second-order valence-electron chi connectivity index (χ2n) is 8.72. The van der Waals surface area contributed by atoms with Crippen molar-refractivity contribution in [2.75, 3.05) is 31.5 Å². The molecule has 0 unspecified atom stereocenters. The lowest BCUT2D eigenvalue weighted by Gasteiger charge is -2.22. The summed E-state index contributed by atoms with van der Waals surface area (Å²) >= 11 is 0. The number of nitrogens with zero attached hydrogens (tertiary/aromatic N) is 3. The van der Waals surface area contributed by atoms with Crippen LogP contribution in [-0.4, -0.2) is 47.1 Å². The van der Waals surface area contributed by atoms with Gasteiger partial charge < -0.3 is 10.6 Å². The molecule has 5 nitrogen and oxygen atoms in total. The minimum absolute atomic E-state index is 0.206. The lowest BCUT2D eigenvalue weighted by Crippen LogP contribution is -2.30. The SMILES string of the molecule is CCN(CC[C@H]1CCCN1)Cc1cccc(-c2ccnc(NCCc3cccc(F)c3)n2)c1. The Hall–Kier alpha value is -2.83. The molecule has 4 rings (SSSR count). The third-order valence-corrected chi connectivity index (χ3v) is 6.27. The lowest BCUT2D eigenvalue weighted by molar-refractivity contribution is 0.264. The minimum Gasteiger partial charge on any atom is -0.354 e. The van der Waals surface area contributed by atoms with E-state index in [2.05, 4.69) is 51.7 Å². The van der Waals surface area contributed by atoms with Gasteiger partial charge in [-0.05, 0) is 80.7 Å². The quantitative estimate of drug-likeness (QED) is 0.438. The predicted octanol–water partition coefficient (Wildman–Crippen LogP) is 4.90. The zero-order valence-electron chi connectivity index (χ0n) is 19.4. The molecule has 2 aromatic carbocycles. The highest BCUT2D eigenvalue weighted by molar-refractivity contribution is 5.60. The molecule has 0 amide bonds. The maximum Gasteiger partial charge on any atom is 0.223 e. The first-order valence-electron chi connectivity index (χ1n) is 12.1. The van der Waals surface area contributed by atoms with E-state index in [0.29, 0.717) is 25.0 Å². The average molecular weight is 448 g/mol. The van der Waals surface area contributed by atoms with Crippen molar-refractivity contribution in [1.82, 2.24) is 20.2 Å². The third kappa shape index (κ3) is 7.07. The molecule has 3 aromatic rings. The summed E-state index contributed by atoms with van der Waals surface area (Å²) in [4.78, 5) is 11.6. The van der Waals surface area contributed by atoms with Crippen LogP contribution in [0.3, 0.4) is 0 Å². The molecule has 0 radical (unpaired) electrons. The Bertz CT molecular complexity index is 1020. The van der Waals surface area contributed by atoms with Crippen molar-refractivity contribution in [3.05, 3.63) is 77.7 Å². The summed E-state index contributed by atoms with van der Waals surface area (Å²) < 4.78 is 13.4. The fraction of sp³-hybridized carbons (Fsp3) is 0.407. The van der Waals surface area contributed by atoms with Crippen molar-refractivity contribution < 1.29 is 4.39 Å². The van der Waals surface area contributed by atoms with Crippen LogP contribution in [0.5, 0.6) is 0 Å². The third-order valence-electron chi connectivity index (χ3n) is 6.27. The molecule has 1 atom stereocenters. The molecule has 33 heavy (non-hydrogen) atoms. The van der Waals surface area contributed by atoms with E-state index in [1.54, 1.807) is 18.3 Å². The van der Waals surface area contributed by atoms with Crippen LogP contribution < -0.4 is 10.6 Å². The number of nitrogens with one attached hydrogen (secondary N) is 2. The van der Waals surface area contributed by atoms with Crippen molar-refractivity contribution in [2.45, 2.75) is 45.2 Å². The van der Waals surface area contributed by atoms with Gasteiger partial charge in [0.05, 0.1) is 5.69 Å². The van der Waals surface area contributed by atoms with E-state index in [1.165, 1.54) is 37.4 Å². The van der Waals surface area contributed by atoms with E-state index in [4.69, 9.17) is 4.98 Å². The van der Waals surface area contributed by atoms with Crippen LogP contribution >= 0.6 is 0 Å². The summed E-state index contributed by atoms with van der Waals surface area (Å²) in [6, 6.07) is 17.9. The van der Waals surface area contributed by atoms with E-state index < -0.39 is 0 Å². The van der Waals surface area contributed by atoms with Gasteiger partial charge in [0.2, 0.25) is 5.95 Å². The molecule has 1 aliphatic heterocycles. The number of anilines is 1. The molecule has 1 fully saturated rings. The lowest BCUT2D eigenvalue weighted by atomic mass is 10.1. The van der Waals surface area contributed by atoms with Gasteiger partial charge in [0.15, 0.2) is 0 Å². The maximum atomic E-state index is 13.4. The minimum atomic E-state index is -0.206. The summed E-state index contributed by atoms with van der Waals surface area (Å²) in [5.41, 5.74) is 4.25. The molecule has 174 valence electrons. The standard InChI is InChI=1S/C27H34FN5/c1-2-33(17-13-25-10-5-14-29-25)20-22-7-3-8-23(18-22)26-12-16-31-27(32-26)30-15-11-21-6-4-9-24(28)19-21/h3-4,6-9,12,16,18-19,25,29H,2,5,10-11,13-15,17,20H2,1H3,(H,30,31,32)/t25-/m1/s1. The number of hydrogen-bond donors (Lipinski definition) is 2. The molecule has 0 saturated carbocycles. The molecule has 1 aromatic heterocycles. The summed E-state index contributed by atoms with van der Waals surface area (Å²) in [5.74, 6) is 0.385. The van der Waals surface area contributed by atoms with Crippen LogP contribution in [-0.2, 0) is 13.0 Å². The monoisotopic (exact) mass is 447 g/mol. The van der Waals surface area contributed by atoms with Crippen molar-refractivity contribution in [1.29, 1.82) is 0 Å². The smallest absolute Gasteiger partial charge is 0.223 e. The van der Waals surface area contributed by atoms with Gasteiger partial charge in [0.1, 0.15) is 5.82 Å². The molecule has 0 bridgehead atoms. The van der Waals surface area contributed by atoms with E-state index in [1.807, 2.05) is 12.1 Å². The Morgan fingerprint density at radius 3 is 2.82 bits per heavy atom. The Labute approximate surface area is 196 Å². The van der Waals surface area contributed by atoms with Gasteiger partial charge in [-0.15, -0.1) is 0 Å². The number of rotatable bonds is 11. The summed E-state index contributed by atoms with van der Waals surface area (Å²) in [7, 11) is 0. The van der Waals surface area contributed by atoms with E-state index in [-0.39, 0.29) is 5.82 Å². The van der Waals surface area contributed by atoms with Crippen LogP contribution in [0.15, 0.2) is 60.8 Å². The van der Waals surface area contributed by atoms with E-state index >= 15 is 0 Å². The first-order valence-corrected chi connectivity index (χ1v) is 12.1. The highest BCUT2D eigenvalue weighted by Crippen LogP contribution is 2.20. The van der Waals surface area contributed by atoms with Gasteiger partial charge in [-0.1, -0.05) is 37.3 Å². The second-order valence-corrected chi connectivity index (χ2v) is 8.72. The van der Waals surface area contributed by atoms with Crippen molar-refractivity contribution in [2.24, 2.45) is 0 Å². The fourth-order valence-corrected chi connectivity index (χ4v) is 4.39. The molecule has 1 saturated heterocycles. The van der Waals surface area contributed by atoms with Gasteiger partial charge >= 0.3 is 0 Å². The van der Waals surface area contributed by atoms with Crippen LogP contribution in [0.4, 0.5) is 10.3 Å². The van der Waals surface area contributed by atoms with Crippen LogP contribution in [0, 0.1) is 5.82 Å². The topological polar surface area (TPSA) is 53.1 Å². The number of aromatic nitrogens is 2. The van der Waals surface area contributed by atoms with Gasteiger partial charge in [0.25, 0.3) is 0 Å². The highest BCUT2D eigenvalue weighted by Gasteiger charge is 2.15. The van der Waals surface area contributed by atoms with Crippen LogP contribution in [0.25, 0.3) is 11.3 Å². The molecule has 6 heteroatoms. The maximum absolute atomic E-state index is 13.4. The molecular formula is C27H34FN5. The number of halogens is 1. The Morgan fingerprint density at radius 1 is 1.12 bits per heavy atom. The number of benzene rings is 2. The molecular weight excluding hydrogens is 413 g/mol. The first kappa shape index (κ1) is 23.3. The van der Waals surface area contributed by atoms with Crippen LogP contribution in [0.1, 0.15) is 37.3 Å². The summed E-state index contributed by atoms with van der Waals surface area (Å²) in [6.07, 6.45) is 6.32. The summed E-state index contributed by atoms with van der Waals surface area (Å²) in [6.45, 7) is 7.15. The Morgan fingerprint density at radius 2 is 2.00 bits per heavy atom. The Balaban J connectivity index is 1.35. The van der Waals surface area contributed by atoms with Gasteiger partial charge in [0, 0.05) is 30.9 Å². The van der Waals surface area contributed by atoms with Gasteiger partial charge in [-0.2, -0.15) is 0 Å². The van der Waals surface area contributed by atoms with Gasteiger partial charge in [-0.25, -0.2) is 14.4 Å². The molecule has 1 aliphatic rings. The molecule has 2 heterocycles. The molecule has 2 N–H and O–H groups in total. The van der Waals surface area contributed by atoms with Crippen molar-refractivity contribution in [3.8, 4) is 11.3 Å².